The number of carbonyl (C=O) groups is 1. The van der Waals surface area contributed by atoms with Gasteiger partial charge in [0.05, 0.1) is 11.1 Å². The molecule has 2 aromatic rings. The minimum absolute atomic E-state index is 0.215. The Balaban J connectivity index is 1.83. The van der Waals surface area contributed by atoms with Crippen molar-refractivity contribution in [3.63, 3.8) is 0 Å². The van der Waals surface area contributed by atoms with Gasteiger partial charge in [-0.05, 0) is 42.1 Å². The van der Waals surface area contributed by atoms with Gasteiger partial charge >= 0.3 is 0 Å². The van der Waals surface area contributed by atoms with Gasteiger partial charge in [0.15, 0.2) is 15.8 Å². The lowest BCUT2D eigenvalue weighted by atomic mass is 10.2. The molecule has 0 saturated carbocycles. The maximum Gasteiger partial charge on any atom is 0.286 e. The number of amides is 1. The zero-order valence-corrected chi connectivity index (χ0v) is 14.2. The minimum Gasteiger partial charge on any atom is -0.504 e. The summed E-state index contributed by atoms with van der Waals surface area (Å²) in [5.74, 6) is -1.44. The molecule has 0 spiro atoms. The summed E-state index contributed by atoms with van der Waals surface area (Å²) in [4.78, 5) is 12.7. The summed E-state index contributed by atoms with van der Waals surface area (Å²) >= 11 is 6.18. The minimum atomic E-state index is -0.452. The van der Waals surface area contributed by atoms with Crippen molar-refractivity contribution in [1.82, 2.24) is 5.01 Å². The molecule has 0 atom stereocenters. The number of thiocarbonyl (C=S) groups is 1. The molecule has 0 unspecified atom stereocenters. The standard InChI is InChI=1S/C17H11FN2O3S2/c18-12-4-2-1-3-11(12)9-19-20-16(23)15(25-17(20)24)8-10-5-6-13(21)14(22)7-10/h1-9,21-22H/b15-8+,19-9+. The van der Waals surface area contributed by atoms with Crippen molar-refractivity contribution in [3.8, 4) is 11.5 Å². The van der Waals surface area contributed by atoms with Crippen molar-refractivity contribution >= 4 is 46.5 Å². The van der Waals surface area contributed by atoms with Crippen LogP contribution < -0.4 is 0 Å². The van der Waals surface area contributed by atoms with Crippen LogP contribution in [0.4, 0.5) is 4.39 Å². The molecule has 8 heteroatoms. The lowest BCUT2D eigenvalue weighted by Crippen LogP contribution is -2.22. The zero-order chi connectivity index (χ0) is 18.0. The molecule has 3 rings (SSSR count). The van der Waals surface area contributed by atoms with E-state index in [1.165, 1.54) is 36.6 Å². The number of hydrogen-bond donors (Lipinski definition) is 2. The predicted molar refractivity (Wildman–Crippen MR) is 98.8 cm³/mol. The fourth-order valence-corrected chi connectivity index (χ4v) is 3.21. The molecule has 2 N–H and O–H groups in total. The Labute approximate surface area is 152 Å². The van der Waals surface area contributed by atoms with E-state index in [0.717, 1.165) is 16.8 Å². The molecule has 0 bridgehead atoms. The first-order valence-electron chi connectivity index (χ1n) is 7.04. The van der Waals surface area contributed by atoms with Crippen LogP contribution in [0.2, 0.25) is 0 Å². The first-order valence-corrected chi connectivity index (χ1v) is 8.26. The molecule has 25 heavy (non-hydrogen) atoms. The van der Waals surface area contributed by atoms with E-state index in [9.17, 15) is 19.4 Å². The second kappa shape index (κ2) is 7.04. The molecule has 0 radical (unpaired) electrons. The van der Waals surface area contributed by atoms with Crippen molar-refractivity contribution in [1.29, 1.82) is 0 Å². The number of rotatable bonds is 3. The molecule has 0 aromatic heterocycles. The number of phenolic OH excluding ortho intramolecular Hbond substituents is 2. The van der Waals surface area contributed by atoms with Crippen LogP contribution >= 0.6 is 24.0 Å². The van der Waals surface area contributed by atoms with E-state index in [4.69, 9.17) is 12.2 Å². The summed E-state index contributed by atoms with van der Waals surface area (Å²) in [6.07, 6.45) is 2.76. The third-order valence-corrected chi connectivity index (χ3v) is 4.57. The van der Waals surface area contributed by atoms with Gasteiger partial charge in [-0.25, -0.2) is 4.39 Å². The van der Waals surface area contributed by atoms with Gasteiger partial charge < -0.3 is 10.2 Å². The van der Waals surface area contributed by atoms with Gasteiger partial charge in [0, 0.05) is 5.56 Å². The molecule has 1 saturated heterocycles. The highest BCUT2D eigenvalue weighted by molar-refractivity contribution is 8.26. The zero-order valence-electron chi connectivity index (χ0n) is 12.6. The SMILES string of the molecule is O=C1/C(=C\c2ccc(O)c(O)c2)SC(=S)N1/N=C/c1ccccc1F. The van der Waals surface area contributed by atoms with E-state index < -0.39 is 11.7 Å². The van der Waals surface area contributed by atoms with Crippen LogP contribution in [0, 0.1) is 5.82 Å². The van der Waals surface area contributed by atoms with Crippen LogP contribution in [0.5, 0.6) is 11.5 Å². The summed E-state index contributed by atoms with van der Waals surface area (Å²) in [5, 5.41) is 23.8. The predicted octanol–water partition coefficient (Wildman–Crippen LogP) is 3.47. The average Bonchev–Trinajstić information content (AvgIpc) is 2.84. The lowest BCUT2D eigenvalue weighted by Gasteiger charge is -2.06. The Kier molecular flexibility index (Phi) is 4.82. The van der Waals surface area contributed by atoms with E-state index in [0.29, 0.717) is 10.5 Å². The Hall–Kier alpha value is -2.71. The van der Waals surface area contributed by atoms with Crippen LogP contribution in [0.15, 0.2) is 52.5 Å². The van der Waals surface area contributed by atoms with Gasteiger partial charge in [0.2, 0.25) is 0 Å². The van der Waals surface area contributed by atoms with Crippen molar-refractivity contribution in [2.45, 2.75) is 0 Å². The summed E-state index contributed by atoms with van der Waals surface area (Å²) in [6.45, 7) is 0. The second-order valence-corrected chi connectivity index (χ2v) is 6.68. The molecule has 1 fully saturated rings. The molecule has 1 aliphatic rings. The van der Waals surface area contributed by atoms with E-state index in [2.05, 4.69) is 5.10 Å². The number of benzene rings is 2. The maximum absolute atomic E-state index is 13.6. The van der Waals surface area contributed by atoms with Gasteiger partial charge in [-0.3, -0.25) is 4.79 Å². The van der Waals surface area contributed by atoms with Crippen LogP contribution in [0.3, 0.4) is 0 Å². The highest BCUT2D eigenvalue weighted by Crippen LogP contribution is 2.34. The quantitative estimate of drug-likeness (QED) is 0.372. The average molecular weight is 374 g/mol. The normalized spacial score (nSPS) is 16.4. The number of thioether (sulfide) groups is 1. The molecule has 2 aromatic carbocycles. The van der Waals surface area contributed by atoms with Crippen LogP contribution in [0.25, 0.3) is 6.08 Å². The second-order valence-electron chi connectivity index (χ2n) is 5.01. The van der Waals surface area contributed by atoms with Crippen molar-refractivity contribution in [2.24, 2.45) is 5.10 Å². The van der Waals surface area contributed by atoms with Gasteiger partial charge in [-0.2, -0.15) is 10.1 Å². The van der Waals surface area contributed by atoms with Gasteiger partial charge in [0.25, 0.3) is 5.91 Å². The monoisotopic (exact) mass is 374 g/mol. The Morgan fingerprint density at radius 2 is 1.92 bits per heavy atom. The summed E-state index contributed by atoms with van der Waals surface area (Å²) in [6, 6.07) is 10.2. The largest absolute Gasteiger partial charge is 0.504 e. The van der Waals surface area contributed by atoms with Gasteiger partial charge in [-0.1, -0.05) is 36.0 Å². The highest BCUT2D eigenvalue weighted by atomic mass is 32.2. The first-order chi connectivity index (χ1) is 12.0. The van der Waals surface area contributed by atoms with E-state index >= 15 is 0 Å². The Morgan fingerprint density at radius 3 is 2.64 bits per heavy atom. The highest BCUT2D eigenvalue weighted by Gasteiger charge is 2.32. The van der Waals surface area contributed by atoms with E-state index in [1.54, 1.807) is 18.2 Å². The summed E-state index contributed by atoms with van der Waals surface area (Å²) in [5.41, 5.74) is 0.762. The maximum atomic E-state index is 13.6. The molecular formula is C17H11FN2O3S2. The van der Waals surface area contributed by atoms with Crippen LogP contribution in [0.1, 0.15) is 11.1 Å². The lowest BCUT2D eigenvalue weighted by molar-refractivity contribution is -0.122. The Bertz CT molecular complexity index is 928. The Morgan fingerprint density at radius 1 is 1.16 bits per heavy atom. The fourth-order valence-electron chi connectivity index (χ4n) is 2.04. The van der Waals surface area contributed by atoms with Crippen molar-refractivity contribution in [2.75, 3.05) is 0 Å². The number of hydrazone groups is 1. The van der Waals surface area contributed by atoms with E-state index in [1.807, 2.05) is 0 Å². The van der Waals surface area contributed by atoms with Crippen molar-refractivity contribution in [3.05, 3.63) is 64.3 Å². The van der Waals surface area contributed by atoms with Crippen molar-refractivity contribution < 1.29 is 19.4 Å². The third-order valence-electron chi connectivity index (χ3n) is 3.29. The first kappa shape index (κ1) is 17.1. The number of nitrogens with zero attached hydrogens (tertiary/aromatic N) is 2. The molecule has 1 aliphatic heterocycles. The van der Waals surface area contributed by atoms with Gasteiger partial charge in [0.1, 0.15) is 5.82 Å². The number of hydrogen-bond acceptors (Lipinski definition) is 6. The summed E-state index contributed by atoms with van der Waals surface area (Å²) in [7, 11) is 0. The molecule has 0 aliphatic carbocycles. The number of halogens is 1. The molecule has 1 amide bonds. The number of aromatic hydroxyl groups is 2. The smallest absolute Gasteiger partial charge is 0.286 e. The van der Waals surface area contributed by atoms with E-state index in [-0.39, 0.29) is 21.4 Å². The molecule has 1 heterocycles. The number of phenols is 2. The summed E-state index contributed by atoms with van der Waals surface area (Å²) < 4.78 is 13.8. The van der Waals surface area contributed by atoms with Crippen LogP contribution in [-0.2, 0) is 4.79 Å². The topological polar surface area (TPSA) is 73.1 Å². The van der Waals surface area contributed by atoms with Gasteiger partial charge in [-0.15, -0.1) is 0 Å². The molecule has 126 valence electrons. The number of carbonyl (C=O) groups excluding carboxylic acids is 1. The van der Waals surface area contributed by atoms with Crippen LogP contribution in [-0.4, -0.2) is 31.7 Å². The third kappa shape index (κ3) is 3.70. The molecular weight excluding hydrogens is 363 g/mol. The molecule has 5 nitrogen and oxygen atoms in total. The fraction of sp³-hybridized carbons (Fsp3) is 0.